The second-order valence-corrected chi connectivity index (χ2v) is 31.5. The van der Waals surface area contributed by atoms with Gasteiger partial charge in [0.2, 0.25) is 0 Å². The fourth-order valence-electron chi connectivity index (χ4n) is 11.8. The van der Waals surface area contributed by atoms with Crippen molar-refractivity contribution in [1.82, 2.24) is 0 Å². The van der Waals surface area contributed by atoms with Crippen LogP contribution in [0.1, 0.15) is 22.3 Å². The van der Waals surface area contributed by atoms with E-state index >= 15 is 0 Å². The molecule has 1 spiro atoms. The quantitative estimate of drug-likeness (QED) is 0.142. The Balaban J connectivity index is 1.13. The van der Waals surface area contributed by atoms with Gasteiger partial charge < -0.3 is 14.2 Å². The maximum Gasteiger partial charge on any atom is 0.143 e. The largest absolute Gasteiger partial charge is 0.455 e. The van der Waals surface area contributed by atoms with Gasteiger partial charge in [-0.05, 0) is 129 Å². The SMILES string of the molecule is C[Si](C)(C)c1ccc(N(c2ccccc2)c2ccc3c(c2)C2(c4cc(N(c5ccccc5)c5ccc([Si](C)(C)C)cc5)ccc4-3)c3ccc4c(oc5ccccc54)c3-c3cccc4cccc2c34)cc1. The average Bonchev–Trinajstić information content (AvgIpc) is 3.89. The van der Waals surface area contributed by atoms with Crippen LogP contribution in [0.15, 0.2) is 223 Å². The van der Waals surface area contributed by atoms with Crippen LogP contribution in [-0.4, -0.2) is 16.1 Å². The number of anilines is 6. The lowest BCUT2D eigenvalue weighted by molar-refractivity contribution is 0.667. The molecule has 0 saturated heterocycles. The fraction of sp³-hybridized carbons (Fsp3) is 0.108. The Morgan fingerprint density at radius 2 is 0.843 bits per heavy atom. The molecule has 0 unspecified atom stereocenters. The molecule has 0 saturated carbocycles. The van der Waals surface area contributed by atoms with Crippen LogP contribution >= 0.6 is 0 Å². The molecule has 0 fully saturated rings. The molecule has 10 aromatic carbocycles. The minimum Gasteiger partial charge on any atom is -0.455 e. The van der Waals surface area contributed by atoms with E-state index in [2.05, 4.69) is 267 Å². The third-order valence-corrected chi connectivity index (χ3v) is 19.3. The summed E-state index contributed by atoms with van der Waals surface area (Å²) in [4.78, 5) is 4.89. The Morgan fingerprint density at radius 1 is 0.357 bits per heavy atom. The summed E-state index contributed by atoms with van der Waals surface area (Å²) in [5, 5.41) is 7.65. The summed E-state index contributed by atoms with van der Waals surface area (Å²) in [5.74, 6) is 0. The highest BCUT2D eigenvalue weighted by molar-refractivity contribution is 6.89. The molecule has 70 heavy (non-hydrogen) atoms. The number of para-hydroxylation sites is 3. The Morgan fingerprint density at radius 3 is 1.39 bits per heavy atom. The van der Waals surface area contributed by atoms with Crippen LogP contribution in [0.5, 0.6) is 0 Å². The van der Waals surface area contributed by atoms with Gasteiger partial charge in [-0.1, -0.05) is 189 Å². The molecule has 338 valence electrons. The Bertz CT molecular complexity index is 3690. The second kappa shape index (κ2) is 15.7. The predicted molar refractivity (Wildman–Crippen MR) is 303 cm³/mol. The summed E-state index contributed by atoms with van der Waals surface area (Å²) in [6.45, 7) is 14.5. The van der Waals surface area contributed by atoms with Gasteiger partial charge >= 0.3 is 0 Å². The number of hydrogen-bond donors (Lipinski definition) is 0. The first-order chi connectivity index (χ1) is 34.0. The van der Waals surface area contributed by atoms with Gasteiger partial charge in [0.1, 0.15) is 11.2 Å². The first kappa shape index (κ1) is 42.4. The standard InChI is InChI=1S/C65H54N2OSi2/c1-69(2,3)50-33-27-46(28-34-50)66(44-19-9-7-10-20-44)48-31-37-52-53-38-32-49(67(45-21-11-8-12-22-45)47-29-35-51(36-30-47)70(4,5)6)42-60(53)65(59(52)41-48)57-25-16-18-43-17-15-24-56(62(43)57)63-58(65)40-39-55-54-23-13-14-26-61(54)68-64(55)63/h7-42H,1-6H3. The maximum absolute atomic E-state index is 7.09. The number of hydrogen-bond acceptors (Lipinski definition) is 3. The molecule has 0 amide bonds. The van der Waals surface area contributed by atoms with Gasteiger partial charge in [0.25, 0.3) is 0 Å². The van der Waals surface area contributed by atoms with Crippen LogP contribution in [0.4, 0.5) is 34.1 Å². The zero-order valence-electron chi connectivity index (χ0n) is 40.6. The fourth-order valence-corrected chi connectivity index (χ4v) is 14.1. The summed E-state index contributed by atoms with van der Waals surface area (Å²) in [6.07, 6.45) is 0. The third kappa shape index (κ3) is 6.38. The molecule has 1 heterocycles. The Kier molecular flexibility index (Phi) is 9.48. The highest BCUT2D eigenvalue weighted by Crippen LogP contribution is 2.64. The van der Waals surface area contributed by atoms with Gasteiger partial charge in [0.05, 0.1) is 21.6 Å². The van der Waals surface area contributed by atoms with Crippen molar-refractivity contribution in [3.05, 3.63) is 241 Å². The van der Waals surface area contributed by atoms with Crippen LogP contribution in [-0.2, 0) is 5.41 Å². The average molecular weight is 935 g/mol. The van der Waals surface area contributed by atoms with Crippen molar-refractivity contribution >= 4 is 93.4 Å². The minimum absolute atomic E-state index is 0.735. The molecule has 0 bridgehead atoms. The zero-order chi connectivity index (χ0) is 47.5. The lowest BCUT2D eigenvalue weighted by atomic mass is 9.61. The second-order valence-electron chi connectivity index (χ2n) is 21.3. The van der Waals surface area contributed by atoms with Gasteiger partial charge in [-0.25, -0.2) is 0 Å². The van der Waals surface area contributed by atoms with Crippen molar-refractivity contribution in [2.24, 2.45) is 0 Å². The molecular formula is C65H54N2OSi2. The predicted octanol–water partition coefficient (Wildman–Crippen LogP) is 17.1. The molecule has 0 aliphatic heterocycles. The molecule has 0 atom stereocenters. The summed E-state index contributed by atoms with van der Waals surface area (Å²) < 4.78 is 7.09. The smallest absolute Gasteiger partial charge is 0.143 e. The topological polar surface area (TPSA) is 19.6 Å². The number of benzene rings is 10. The van der Waals surface area contributed by atoms with Crippen molar-refractivity contribution in [3.8, 4) is 22.3 Å². The number of fused-ring (bicyclic) bond motifs is 13. The van der Waals surface area contributed by atoms with E-state index in [9.17, 15) is 0 Å². The molecule has 3 nitrogen and oxygen atoms in total. The molecule has 5 heteroatoms. The third-order valence-electron chi connectivity index (χ3n) is 15.2. The lowest BCUT2D eigenvalue weighted by Crippen LogP contribution is -2.37. The number of rotatable bonds is 8. The molecule has 1 aromatic heterocycles. The zero-order valence-corrected chi connectivity index (χ0v) is 42.6. The molecule has 2 aliphatic carbocycles. The van der Waals surface area contributed by atoms with E-state index in [1.165, 1.54) is 60.1 Å². The first-order valence-electron chi connectivity index (χ1n) is 24.7. The minimum atomic E-state index is -1.54. The normalized spacial score (nSPS) is 13.4. The monoisotopic (exact) mass is 934 g/mol. The highest BCUT2D eigenvalue weighted by Gasteiger charge is 2.51. The van der Waals surface area contributed by atoms with E-state index in [1.54, 1.807) is 0 Å². The summed E-state index contributed by atoms with van der Waals surface area (Å²) in [7, 11) is -3.08. The van der Waals surface area contributed by atoms with E-state index in [0.29, 0.717) is 0 Å². The summed E-state index contributed by atoms with van der Waals surface area (Å²) >= 11 is 0. The van der Waals surface area contributed by atoms with E-state index in [1.807, 2.05) is 0 Å². The van der Waals surface area contributed by atoms with Gasteiger partial charge in [0.15, 0.2) is 0 Å². The van der Waals surface area contributed by atoms with Crippen molar-refractivity contribution in [2.45, 2.75) is 44.7 Å². The highest BCUT2D eigenvalue weighted by atomic mass is 28.3. The summed E-state index contributed by atoms with van der Waals surface area (Å²) in [6, 6.07) is 82.0. The van der Waals surface area contributed by atoms with E-state index in [4.69, 9.17) is 4.42 Å². The molecule has 11 aromatic rings. The van der Waals surface area contributed by atoms with Gasteiger partial charge in [-0.3, -0.25) is 0 Å². The Hall–Kier alpha value is -7.71. The van der Waals surface area contributed by atoms with Crippen LogP contribution in [0.3, 0.4) is 0 Å². The van der Waals surface area contributed by atoms with Gasteiger partial charge in [-0.15, -0.1) is 0 Å². The summed E-state index contributed by atoms with van der Waals surface area (Å²) in [5.41, 5.74) is 17.8. The van der Waals surface area contributed by atoms with Crippen LogP contribution in [0.25, 0.3) is 55.0 Å². The van der Waals surface area contributed by atoms with Crippen molar-refractivity contribution in [2.75, 3.05) is 9.80 Å². The molecular weight excluding hydrogens is 881 g/mol. The van der Waals surface area contributed by atoms with Crippen molar-refractivity contribution in [3.63, 3.8) is 0 Å². The lowest BCUT2D eigenvalue weighted by Gasteiger charge is -2.40. The van der Waals surface area contributed by atoms with Crippen LogP contribution < -0.4 is 20.2 Å². The van der Waals surface area contributed by atoms with Gasteiger partial charge in [0, 0.05) is 50.5 Å². The van der Waals surface area contributed by atoms with E-state index in [-0.39, 0.29) is 0 Å². The molecule has 0 N–H and O–H groups in total. The van der Waals surface area contributed by atoms with Crippen LogP contribution in [0, 0.1) is 0 Å². The molecule has 2 aliphatic rings. The first-order valence-corrected chi connectivity index (χ1v) is 31.7. The van der Waals surface area contributed by atoms with Crippen molar-refractivity contribution < 1.29 is 4.42 Å². The van der Waals surface area contributed by atoms with Crippen molar-refractivity contribution in [1.29, 1.82) is 0 Å². The van der Waals surface area contributed by atoms with E-state index in [0.717, 1.165) is 61.6 Å². The maximum atomic E-state index is 7.09. The van der Waals surface area contributed by atoms with Crippen LogP contribution in [0.2, 0.25) is 39.3 Å². The Labute approximate surface area is 412 Å². The van der Waals surface area contributed by atoms with Gasteiger partial charge in [-0.2, -0.15) is 0 Å². The molecule has 0 radical (unpaired) electrons. The number of furan rings is 1. The molecule has 13 rings (SSSR count). The van der Waals surface area contributed by atoms with E-state index < -0.39 is 21.6 Å². The number of nitrogens with zero attached hydrogens (tertiary/aromatic N) is 2.